The molecule has 3 rings (SSSR count). The molecule has 16 heavy (non-hydrogen) atoms. The van der Waals surface area contributed by atoms with Crippen LogP contribution in [-0.2, 0) is 13.1 Å². The molecule has 0 aromatic heterocycles. The van der Waals surface area contributed by atoms with Crippen molar-refractivity contribution in [1.82, 2.24) is 0 Å². The summed E-state index contributed by atoms with van der Waals surface area (Å²) in [5.74, 6) is 0. The number of piperidine rings is 1. The number of quaternary nitrogens is 1. The van der Waals surface area contributed by atoms with Gasteiger partial charge in [-0.25, -0.2) is 0 Å². The summed E-state index contributed by atoms with van der Waals surface area (Å²) in [5, 5.41) is 0. The van der Waals surface area contributed by atoms with Gasteiger partial charge in [-0.15, -0.1) is 0 Å². The van der Waals surface area contributed by atoms with Gasteiger partial charge in [0.25, 0.3) is 0 Å². The second kappa shape index (κ2) is 3.89. The van der Waals surface area contributed by atoms with E-state index < -0.39 is 0 Å². The summed E-state index contributed by atoms with van der Waals surface area (Å²) in [6.07, 6.45) is 5.69. The Morgan fingerprint density at radius 1 is 1.12 bits per heavy atom. The summed E-state index contributed by atoms with van der Waals surface area (Å²) in [4.78, 5) is 0. The van der Waals surface area contributed by atoms with Crippen LogP contribution in [0.3, 0.4) is 0 Å². The highest BCUT2D eigenvalue weighted by Gasteiger charge is 2.42. The largest absolute Gasteiger partial charge is 0.314 e. The number of benzene rings is 1. The van der Waals surface area contributed by atoms with E-state index in [4.69, 9.17) is 0 Å². The molecule has 1 nitrogen and oxygen atoms in total. The maximum Gasteiger partial charge on any atom is 0.105 e. The predicted molar refractivity (Wildman–Crippen MR) is 66.9 cm³/mol. The van der Waals surface area contributed by atoms with Crippen LogP contribution in [0.2, 0.25) is 0 Å². The van der Waals surface area contributed by atoms with E-state index >= 15 is 0 Å². The van der Waals surface area contributed by atoms with Crippen molar-refractivity contribution in [2.75, 3.05) is 6.54 Å². The molecule has 2 aliphatic heterocycles. The SMILES string of the molecule is CCC1CCCC[N+]12Cc1ccccc1C2. The molecule has 1 saturated heterocycles. The van der Waals surface area contributed by atoms with Gasteiger partial charge < -0.3 is 4.48 Å². The lowest BCUT2D eigenvalue weighted by Crippen LogP contribution is -2.53. The zero-order valence-corrected chi connectivity index (χ0v) is 10.3. The second-order valence-electron chi connectivity index (χ2n) is 5.58. The summed E-state index contributed by atoms with van der Waals surface area (Å²) in [6.45, 7) is 6.38. The van der Waals surface area contributed by atoms with Crippen LogP contribution in [0.1, 0.15) is 43.7 Å². The minimum Gasteiger partial charge on any atom is -0.314 e. The quantitative estimate of drug-likeness (QED) is 0.630. The highest BCUT2D eigenvalue weighted by atomic mass is 15.4. The van der Waals surface area contributed by atoms with Gasteiger partial charge in [-0.3, -0.25) is 0 Å². The molecule has 1 aromatic rings. The minimum atomic E-state index is 0.918. The fourth-order valence-corrected chi connectivity index (χ4v) is 3.87. The maximum atomic E-state index is 2.37. The van der Waals surface area contributed by atoms with Crippen molar-refractivity contribution in [3.8, 4) is 0 Å². The average molecular weight is 216 g/mol. The summed E-state index contributed by atoms with van der Waals surface area (Å²) < 4.78 is 1.37. The molecular formula is C15H22N+. The normalized spacial score (nSPS) is 26.9. The van der Waals surface area contributed by atoms with E-state index in [2.05, 4.69) is 31.2 Å². The van der Waals surface area contributed by atoms with E-state index in [1.54, 1.807) is 11.1 Å². The molecule has 0 amide bonds. The molecule has 1 aromatic carbocycles. The first-order valence-corrected chi connectivity index (χ1v) is 6.76. The van der Waals surface area contributed by atoms with Gasteiger partial charge in [0.1, 0.15) is 13.1 Å². The molecule has 86 valence electrons. The molecule has 0 N–H and O–H groups in total. The van der Waals surface area contributed by atoms with Gasteiger partial charge >= 0.3 is 0 Å². The zero-order chi connectivity index (χ0) is 11.0. The zero-order valence-electron chi connectivity index (χ0n) is 10.3. The molecular weight excluding hydrogens is 194 g/mol. The summed E-state index contributed by atoms with van der Waals surface area (Å²) in [5.41, 5.74) is 3.23. The Bertz CT molecular complexity index is 358. The fourth-order valence-electron chi connectivity index (χ4n) is 3.87. The molecule has 1 fully saturated rings. The van der Waals surface area contributed by atoms with Crippen LogP contribution in [0.4, 0.5) is 0 Å². The number of fused-ring (bicyclic) bond motifs is 1. The Hall–Kier alpha value is -0.820. The van der Waals surface area contributed by atoms with Gasteiger partial charge in [-0.05, 0) is 25.7 Å². The average Bonchev–Trinajstić information content (AvgIpc) is 2.68. The van der Waals surface area contributed by atoms with Crippen molar-refractivity contribution in [1.29, 1.82) is 0 Å². The van der Waals surface area contributed by atoms with Crippen molar-refractivity contribution in [2.24, 2.45) is 0 Å². The molecule has 1 unspecified atom stereocenters. The summed E-state index contributed by atoms with van der Waals surface area (Å²) >= 11 is 0. The highest BCUT2D eigenvalue weighted by Crippen LogP contribution is 2.38. The summed E-state index contributed by atoms with van der Waals surface area (Å²) in [7, 11) is 0. The first-order valence-electron chi connectivity index (χ1n) is 6.76. The lowest BCUT2D eigenvalue weighted by atomic mass is 9.97. The monoisotopic (exact) mass is 216 g/mol. The number of rotatable bonds is 1. The molecule has 0 saturated carbocycles. The van der Waals surface area contributed by atoms with E-state index in [0.29, 0.717) is 0 Å². The van der Waals surface area contributed by atoms with E-state index in [0.717, 1.165) is 6.04 Å². The molecule has 2 heterocycles. The number of nitrogens with zero attached hydrogens (tertiary/aromatic N) is 1. The smallest absolute Gasteiger partial charge is 0.105 e. The van der Waals surface area contributed by atoms with E-state index in [-0.39, 0.29) is 0 Å². The van der Waals surface area contributed by atoms with Crippen molar-refractivity contribution in [3.63, 3.8) is 0 Å². The molecule has 0 bridgehead atoms. The maximum absolute atomic E-state index is 2.37. The molecule has 0 aliphatic carbocycles. The van der Waals surface area contributed by atoms with Crippen molar-refractivity contribution in [3.05, 3.63) is 35.4 Å². The van der Waals surface area contributed by atoms with Crippen LogP contribution in [0.5, 0.6) is 0 Å². The first kappa shape index (κ1) is 10.3. The van der Waals surface area contributed by atoms with Gasteiger partial charge in [0.2, 0.25) is 0 Å². The van der Waals surface area contributed by atoms with Gasteiger partial charge in [-0.2, -0.15) is 0 Å². The highest BCUT2D eigenvalue weighted by molar-refractivity contribution is 5.28. The van der Waals surface area contributed by atoms with Crippen LogP contribution < -0.4 is 0 Å². The fraction of sp³-hybridized carbons (Fsp3) is 0.600. The Morgan fingerprint density at radius 2 is 1.81 bits per heavy atom. The Morgan fingerprint density at radius 3 is 2.44 bits per heavy atom. The third-order valence-corrected chi connectivity index (χ3v) is 4.73. The number of hydrogen-bond acceptors (Lipinski definition) is 0. The van der Waals surface area contributed by atoms with Gasteiger partial charge in [0, 0.05) is 11.1 Å². The third-order valence-electron chi connectivity index (χ3n) is 4.73. The van der Waals surface area contributed by atoms with Crippen LogP contribution in [0, 0.1) is 0 Å². The van der Waals surface area contributed by atoms with Gasteiger partial charge in [0.05, 0.1) is 12.6 Å². The summed E-state index contributed by atoms with van der Waals surface area (Å²) in [6, 6.07) is 9.99. The first-order chi connectivity index (χ1) is 7.84. The van der Waals surface area contributed by atoms with Crippen LogP contribution in [0.25, 0.3) is 0 Å². The van der Waals surface area contributed by atoms with E-state index in [1.165, 1.54) is 49.8 Å². The molecule has 1 spiro atoms. The topological polar surface area (TPSA) is 0 Å². The van der Waals surface area contributed by atoms with Crippen molar-refractivity contribution >= 4 is 0 Å². The Labute approximate surface area is 98.7 Å². The van der Waals surface area contributed by atoms with Crippen molar-refractivity contribution < 1.29 is 4.48 Å². The number of hydrogen-bond donors (Lipinski definition) is 0. The molecule has 0 radical (unpaired) electrons. The van der Waals surface area contributed by atoms with E-state index in [1.807, 2.05) is 0 Å². The van der Waals surface area contributed by atoms with E-state index in [9.17, 15) is 0 Å². The lowest BCUT2D eigenvalue weighted by Gasteiger charge is -2.44. The second-order valence-corrected chi connectivity index (χ2v) is 5.58. The minimum absolute atomic E-state index is 0.918. The Kier molecular flexibility index (Phi) is 2.51. The molecule has 1 heteroatoms. The van der Waals surface area contributed by atoms with Crippen LogP contribution in [0.15, 0.2) is 24.3 Å². The lowest BCUT2D eigenvalue weighted by molar-refractivity contribution is -0.974. The van der Waals surface area contributed by atoms with Crippen LogP contribution in [-0.4, -0.2) is 17.1 Å². The predicted octanol–water partition coefficient (Wildman–Crippen LogP) is 3.48. The van der Waals surface area contributed by atoms with Gasteiger partial charge in [-0.1, -0.05) is 31.2 Å². The standard InChI is InChI=1S/C15H22N/c1-2-15-9-5-6-10-16(15)11-13-7-3-4-8-14(13)12-16/h3-4,7-8,15H,2,5-6,9-12H2,1H3/q+1. The molecule has 2 aliphatic rings. The van der Waals surface area contributed by atoms with Crippen LogP contribution >= 0.6 is 0 Å². The Balaban J connectivity index is 1.91. The molecule has 1 atom stereocenters. The van der Waals surface area contributed by atoms with Crippen molar-refractivity contribution in [2.45, 2.75) is 51.7 Å². The third kappa shape index (κ3) is 1.49. The van der Waals surface area contributed by atoms with Gasteiger partial charge in [0.15, 0.2) is 0 Å².